The smallest absolute Gasteiger partial charge is 0.253 e. The monoisotopic (exact) mass is 300 g/mol. The van der Waals surface area contributed by atoms with Gasteiger partial charge in [0.05, 0.1) is 17.8 Å². The molecule has 0 unspecified atom stereocenters. The largest absolute Gasteiger partial charge is 0.343 e. The molecule has 2 rings (SSSR count). The standard InChI is InChI=1S/C16H20N2O2Si/c1-5-11-8-12(6-7-21(2,3)4)15-13(9-11)16(20)17-10-14(19)18-15/h8-9H,5,10H2,1-4H3,(H,17,20)(H,18,19). The summed E-state index contributed by atoms with van der Waals surface area (Å²) in [6.45, 7) is 8.51. The molecule has 0 atom stereocenters. The van der Waals surface area contributed by atoms with E-state index in [1.54, 1.807) is 0 Å². The van der Waals surface area contributed by atoms with E-state index >= 15 is 0 Å². The van der Waals surface area contributed by atoms with Crippen LogP contribution in [0.2, 0.25) is 19.6 Å². The molecule has 2 amide bonds. The van der Waals surface area contributed by atoms with Crippen molar-refractivity contribution in [2.75, 3.05) is 11.9 Å². The number of hydrogen-bond donors (Lipinski definition) is 2. The summed E-state index contributed by atoms with van der Waals surface area (Å²) < 4.78 is 0. The summed E-state index contributed by atoms with van der Waals surface area (Å²) >= 11 is 0. The highest BCUT2D eigenvalue weighted by molar-refractivity contribution is 6.83. The number of anilines is 1. The second-order valence-electron chi connectivity index (χ2n) is 6.15. The predicted octanol–water partition coefficient (Wildman–Crippen LogP) is 2.16. The van der Waals surface area contributed by atoms with Crippen LogP contribution in [0.4, 0.5) is 5.69 Å². The Hall–Kier alpha value is -2.06. The average Bonchev–Trinajstić information content (AvgIpc) is 2.55. The molecule has 110 valence electrons. The Kier molecular flexibility index (Phi) is 4.19. The SMILES string of the molecule is CCc1cc(C#C[Si](C)(C)C)c2c(c1)C(=O)NCC(=O)N2. The molecule has 0 saturated carbocycles. The number of carbonyl (C=O) groups is 2. The van der Waals surface area contributed by atoms with Gasteiger partial charge in [0.2, 0.25) is 5.91 Å². The highest BCUT2D eigenvalue weighted by Crippen LogP contribution is 2.25. The maximum absolute atomic E-state index is 12.1. The fraction of sp³-hybridized carbons (Fsp3) is 0.375. The highest BCUT2D eigenvalue weighted by Gasteiger charge is 2.22. The summed E-state index contributed by atoms with van der Waals surface area (Å²) in [6, 6.07) is 3.79. The molecule has 21 heavy (non-hydrogen) atoms. The molecule has 5 heteroatoms. The number of nitrogens with one attached hydrogen (secondary N) is 2. The molecule has 4 nitrogen and oxygen atoms in total. The first-order valence-corrected chi connectivity index (χ1v) is 10.6. The molecule has 1 aliphatic rings. The van der Waals surface area contributed by atoms with Crippen LogP contribution in [0.1, 0.15) is 28.4 Å². The summed E-state index contributed by atoms with van der Waals surface area (Å²) in [7, 11) is -1.53. The van der Waals surface area contributed by atoms with Crippen molar-refractivity contribution in [1.29, 1.82) is 0 Å². The number of aryl methyl sites for hydroxylation is 1. The van der Waals surface area contributed by atoms with E-state index < -0.39 is 8.07 Å². The number of hydrogen-bond acceptors (Lipinski definition) is 2. The van der Waals surface area contributed by atoms with Gasteiger partial charge < -0.3 is 10.6 Å². The predicted molar refractivity (Wildman–Crippen MR) is 87.0 cm³/mol. The molecule has 0 aliphatic carbocycles. The quantitative estimate of drug-likeness (QED) is 0.617. The number of carbonyl (C=O) groups excluding carboxylic acids is 2. The normalized spacial score (nSPS) is 14.3. The fourth-order valence-corrected chi connectivity index (χ4v) is 2.52. The van der Waals surface area contributed by atoms with Gasteiger partial charge in [0.1, 0.15) is 8.07 Å². The van der Waals surface area contributed by atoms with E-state index in [0.717, 1.165) is 17.5 Å². The summed E-state index contributed by atoms with van der Waals surface area (Å²) in [4.78, 5) is 23.9. The van der Waals surface area contributed by atoms with Crippen LogP contribution in [-0.4, -0.2) is 26.4 Å². The van der Waals surface area contributed by atoms with Gasteiger partial charge in [-0.2, -0.15) is 0 Å². The van der Waals surface area contributed by atoms with Crippen molar-refractivity contribution in [2.45, 2.75) is 33.0 Å². The van der Waals surface area contributed by atoms with Gasteiger partial charge in [0.25, 0.3) is 5.91 Å². The Morgan fingerprint density at radius 2 is 1.95 bits per heavy atom. The summed E-state index contributed by atoms with van der Waals surface area (Å²) in [6.07, 6.45) is 0.816. The molecule has 0 fully saturated rings. The minimum absolute atomic E-state index is 0.00411. The van der Waals surface area contributed by atoms with Crippen LogP contribution in [0.15, 0.2) is 12.1 Å². The zero-order valence-electron chi connectivity index (χ0n) is 12.9. The maximum atomic E-state index is 12.1. The molecule has 2 N–H and O–H groups in total. The fourth-order valence-electron chi connectivity index (χ4n) is 2.01. The third-order valence-corrected chi connectivity index (χ3v) is 3.97. The van der Waals surface area contributed by atoms with Crippen LogP contribution in [0.3, 0.4) is 0 Å². The summed E-state index contributed by atoms with van der Waals surface area (Å²) in [5.41, 5.74) is 6.11. The molecule has 0 radical (unpaired) electrons. The van der Waals surface area contributed by atoms with E-state index in [0.29, 0.717) is 11.3 Å². The van der Waals surface area contributed by atoms with Gasteiger partial charge >= 0.3 is 0 Å². The molecule has 0 spiro atoms. The van der Waals surface area contributed by atoms with Gasteiger partial charge in [-0.05, 0) is 24.1 Å². The van der Waals surface area contributed by atoms with E-state index in [9.17, 15) is 9.59 Å². The van der Waals surface area contributed by atoms with Crippen LogP contribution in [0, 0.1) is 11.5 Å². The van der Waals surface area contributed by atoms with Crippen molar-refractivity contribution in [1.82, 2.24) is 5.32 Å². The maximum Gasteiger partial charge on any atom is 0.253 e. The molecule has 1 aromatic carbocycles. The van der Waals surface area contributed by atoms with Crippen molar-refractivity contribution in [2.24, 2.45) is 0 Å². The Labute approximate surface area is 126 Å². The molecule has 1 heterocycles. The number of rotatable bonds is 1. The second-order valence-corrected chi connectivity index (χ2v) is 10.9. The van der Waals surface area contributed by atoms with E-state index in [-0.39, 0.29) is 18.4 Å². The van der Waals surface area contributed by atoms with Crippen molar-refractivity contribution in [3.8, 4) is 11.5 Å². The molecule has 0 bridgehead atoms. The van der Waals surface area contributed by atoms with Crippen LogP contribution in [0.5, 0.6) is 0 Å². The van der Waals surface area contributed by atoms with Crippen molar-refractivity contribution in [3.63, 3.8) is 0 Å². The number of fused-ring (bicyclic) bond motifs is 1. The van der Waals surface area contributed by atoms with E-state index in [2.05, 4.69) is 41.7 Å². The lowest BCUT2D eigenvalue weighted by Gasteiger charge is -2.11. The molecular weight excluding hydrogens is 280 g/mol. The van der Waals surface area contributed by atoms with Crippen LogP contribution >= 0.6 is 0 Å². The molecule has 0 saturated heterocycles. The lowest BCUT2D eigenvalue weighted by molar-refractivity contribution is -0.115. The lowest BCUT2D eigenvalue weighted by atomic mass is 10.0. The third kappa shape index (κ3) is 3.73. The van der Waals surface area contributed by atoms with Crippen LogP contribution in [0.25, 0.3) is 0 Å². The molecule has 1 aliphatic heterocycles. The van der Waals surface area contributed by atoms with Gasteiger partial charge in [-0.1, -0.05) is 32.5 Å². The Balaban J connectivity index is 2.63. The van der Waals surface area contributed by atoms with E-state index in [4.69, 9.17) is 0 Å². The topological polar surface area (TPSA) is 58.2 Å². The van der Waals surface area contributed by atoms with Gasteiger partial charge in [0, 0.05) is 5.56 Å². The van der Waals surface area contributed by atoms with Crippen molar-refractivity contribution >= 4 is 25.6 Å². The first kappa shape index (κ1) is 15.3. The van der Waals surface area contributed by atoms with Gasteiger partial charge in [-0.25, -0.2) is 0 Å². The summed E-state index contributed by atoms with van der Waals surface area (Å²) in [5, 5.41) is 5.41. The lowest BCUT2D eigenvalue weighted by Crippen LogP contribution is -2.28. The zero-order valence-corrected chi connectivity index (χ0v) is 13.9. The van der Waals surface area contributed by atoms with E-state index in [1.807, 2.05) is 19.1 Å². The van der Waals surface area contributed by atoms with Crippen LogP contribution < -0.4 is 10.6 Å². The van der Waals surface area contributed by atoms with Gasteiger partial charge in [-0.3, -0.25) is 9.59 Å². The Bertz CT molecular complexity index is 663. The van der Waals surface area contributed by atoms with Gasteiger partial charge in [0.15, 0.2) is 0 Å². The van der Waals surface area contributed by atoms with Gasteiger partial charge in [-0.15, -0.1) is 5.54 Å². The molecule has 1 aromatic rings. The van der Waals surface area contributed by atoms with Crippen molar-refractivity contribution in [3.05, 3.63) is 28.8 Å². The second kappa shape index (κ2) is 5.74. The first-order valence-electron chi connectivity index (χ1n) is 7.08. The highest BCUT2D eigenvalue weighted by atomic mass is 28.3. The Morgan fingerprint density at radius 3 is 2.57 bits per heavy atom. The molecular formula is C16H20N2O2Si. The zero-order chi connectivity index (χ0) is 15.6. The Morgan fingerprint density at radius 1 is 1.24 bits per heavy atom. The minimum atomic E-state index is -1.53. The average molecular weight is 300 g/mol. The van der Waals surface area contributed by atoms with Crippen LogP contribution in [-0.2, 0) is 11.2 Å². The minimum Gasteiger partial charge on any atom is -0.343 e. The number of amides is 2. The van der Waals surface area contributed by atoms with Crippen molar-refractivity contribution < 1.29 is 9.59 Å². The first-order chi connectivity index (χ1) is 9.80. The molecule has 0 aromatic heterocycles. The summed E-state index contributed by atoms with van der Waals surface area (Å²) in [5.74, 6) is 2.73. The third-order valence-electron chi connectivity index (χ3n) is 3.10. The van der Waals surface area contributed by atoms with E-state index in [1.165, 1.54) is 0 Å². The number of benzene rings is 1.